The zero-order chi connectivity index (χ0) is 14.0. The van der Waals surface area contributed by atoms with E-state index in [1.807, 2.05) is 13.8 Å². The Hall–Kier alpha value is -1.31. The lowest BCUT2D eigenvalue weighted by Crippen LogP contribution is -2.19. The van der Waals surface area contributed by atoms with Crippen LogP contribution in [0.2, 0.25) is 0 Å². The first kappa shape index (κ1) is 14.7. The van der Waals surface area contributed by atoms with Crippen LogP contribution >= 0.6 is 0 Å². The van der Waals surface area contributed by atoms with E-state index < -0.39 is 5.97 Å². The number of carboxylic acids is 1. The topological polar surface area (TPSA) is 37.3 Å². The zero-order valence-corrected chi connectivity index (χ0v) is 12.1. The summed E-state index contributed by atoms with van der Waals surface area (Å²) in [7, 11) is 0. The van der Waals surface area contributed by atoms with E-state index in [4.69, 9.17) is 5.11 Å². The third-order valence-electron chi connectivity index (χ3n) is 3.13. The smallest absolute Gasteiger partial charge is 0.303 e. The van der Waals surface area contributed by atoms with Gasteiger partial charge in [-0.05, 0) is 28.4 Å². The number of aliphatic carboxylic acids is 1. The van der Waals surface area contributed by atoms with E-state index in [1.165, 1.54) is 11.1 Å². The first-order chi connectivity index (χ1) is 8.10. The molecule has 0 unspecified atom stereocenters. The molecule has 0 saturated carbocycles. The van der Waals surface area contributed by atoms with Crippen LogP contribution in [0.25, 0.3) is 0 Å². The first-order valence-electron chi connectivity index (χ1n) is 6.41. The molecule has 0 bridgehead atoms. The third-order valence-corrected chi connectivity index (χ3v) is 3.13. The fourth-order valence-electron chi connectivity index (χ4n) is 2.15. The highest BCUT2D eigenvalue weighted by atomic mass is 16.4. The van der Waals surface area contributed by atoms with Crippen LogP contribution in [-0.4, -0.2) is 11.1 Å². The minimum Gasteiger partial charge on any atom is -0.481 e. The second-order valence-corrected chi connectivity index (χ2v) is 6.86. The van der Waals surface area contributed by atoms with Crippen molar-refractivity contribution in [1.29, 1.82) is 0 Å². The second-order valence-electron chi connectivity index (χ2n) is 6.86. The molecule has 1 rings (SSSR count). The summed E-state index contributed by atoms with van der Waals surface area (Å²) in [4.78, 5) is 10.8. The van der Waals surface area contributed by atoms with E-state index in [2.05, 4.69) is 45.0 Å². The molecule has 0 aromatic heterocycles. The fraction of sp³-hybridized carbons (Fsp3) is 0.562. The number of carbonyl (C=O) groups is 1. The van der Waals surface area contributed by atoms with Gasteiger partial charge in [0.2, 0.25) is 0 Å². The van der Waals surface area contributed by atoms with E-state index in [0.29, 0.717) is 0 Å². The normalized spacial score (nSPS) is 12.5. The van der Waals surface area contributed by atoms with Crippen LogP contribution in [0, 0.1) is 5.41 Å². The van der Waals surface area contributed by atoms with Crippen LogP contribution in [-0.2, 0) is 16.6 Å². The highest BCUT2D eigenvalue weighted by Crippen LogP contribution is 2.28. The monoisotopic (exact) mass is 248 g/mol. The Labute approximate surface area is 110 Å². The maximum atomic E-state index is 10.8. The van der Waals surface area contributed by atoms with Crippen molar-refractivity contribution in [2.75, 3.05) is 0 Å². The summed E-state index contributed by atoms with van der Waals surface area (Å²) in [6, 6.07) is 8.52. The predicted molar refractivity (Wildman–Crippen MR) is 74.9 cm³/mol. The maximum Gasteiger partial charge on any atom is 0.303 e. The Bertz CT molecular complexity index is 408. The molecule has 1 aromatic rings. The second kappa shape index (κ2) is 5.13. The summed E-state index contributed by atoms with van der Waals surface area (Å²) >= 11 is 0. The van der Waals surface area contributed by atoms with Crippen LogP contribution < -0.4 is 0 Å². The molecule has 0 heterocycles. The standard InChI is InChI=1S/C16H24O2/c1-15(2,3)13-8-6-12(7-9-13)10-16(4,5)11-14(17)18/h6-9H,10-11H2,1-5H3,(H,17,18). The Morgan fingerprint density at radius 1 is 1.06 bits per heavy atom. The highest BCUT2D eigenvalue weighted by molar-refractivity contribution is 5.67. The van der Waals surface area contributed by atoms with E-state index >= 15 is 0 Å². The number of hydrogen-bond acceptors (Lipinski definition) is 1. The molecular formula is C16H24O2. The minimum absolute atomic E-state index is 0.162. The quantitative estimate of drug-likeness (QED) is 0.873. The molecular weight excluding hydrogens is 224 g/mol. The lowest BCUT2D eigenvalue weighted by atomic mass is 9.81. The molecule has 0 aliphatic heterocycles. The van der Waals surface area contributed by atoms with Gasteiger partial charge in [0.1, 0.15) is 0 Å². The van der Waals surface area contributed by atoms with E-state index in [0.717, 1.165) is 6.42 Å². The first-order valence-corrected chi connectivity index (χ1v) is 6.41. The lowest BCUT2D eigenvalue weighted by Gasteiger charge is -2.23. The Balaban J connectivity index is 2.78. The molecule has 1 N–H and O–H groups in total. The molecule has 2 nitrogen and oxygen atoms in total. The molecule has 0 aliphatic carbocycles. The molecule has 0 amide bonds. The number of rotatable bonds is 4. The van der Waals surface area contributed by atoms with Gasteiger partial charge in [-0.2, -0.15) is 0 Å². The minimum atomic E-state index is -0.730. The lowest BCUT2D eigenvalue weighted by molar-refractivity contribution is -0.139. The van der Waals surface area contributed by atoms with E-state index in [9.17, 15) is 4.79 Å². The number of carboxylic acid groups (broad SMARTS) is 1. The van der Waals surface area contributed by atoms with Gasteiger partial charge in [-0.1, -0.05) is 58.9 Å². The van der Waals surface area contributed by atoms with Crippen LogP contribution in [0.15, 0.2) is 24.3 Å². The Kier molecular flexibility index (Phi) is 4.20. The van der Waals surface area contributed by atoms with Crippen molar-refractivity contribution >= 4 is 5.97 Å². The highest BCUT2D eigenvalue weighted by Gasteiger charge is 2.22. The molecule has 100 valence electrons. The third kappa shape index (κ3) is 4.52. The van der Waals surface area contributed by atoms with Gasteiger partial charge in [0.05, 0.1) is 6.42 Å². The van der Waals surface area contributed by atoms with Crippen LogP contribution in [0.4, 0.5) is 0 Å². The van der Waals surface area contributed by atoms with Crippen LogP contribution in [0.1, 0.15) is 52.2 Å². The summed E-state index contributed by atoms with van der Waals surface area (Å²) in [6.45, 7) is 10.6. The van der Waals surface area contributed by atoms with Crippen molar-refractivity contribution in [3.05, 3.63) is 35.4 Å². The van der Waals surface area contributed by atoms with Crippen molar-refractivity contribution < 1.29 is 9.90 Å². The molecule has 0 fully saturated rings. The molecule has 18 heavy (non-hydrogen) atoms. The molecule has 1 aromatic carbocycles. The van der Waals surface area contributed by atoms with Crippen molar-refractivity contribution in [3.8, 4) is 0 Å². The van der Waals surface area contributed by atoms with Crippen molar-refractivity contribution in [3.63, 3.8) is 0 Å². The van der Waals surface area contributed by atoms with Gasteiger partial charge in [0, 0.05) is 0 Å². The largest absolute Gasteiger partial charge is 0.481 e. The SMILES string of the molecule is CC(C)(CC(=O)O)Cc1ccc(C(C)(C)C)cc1. The number of benzene rings is 1. The van der Waals surface area contributed by atoms with E-state index in [-0.39, 0.29) is 17.3 Å². The number of hydrogen-bond donors (Lipinski definition) is 1. The zero-order valence-electron chi connectivity index (χ0n) is 12.1. The molecule has 0 spiro atoms. The summed E-state index contributed by atoms with van der Waals surface area (Å²) in [5, 5.41) is 8.88. The molecule has 2 heteroatoms. The van der Waals surface area contributed by atoms with Gasteiger partial charge in [-0.25, -0.2) is 0 Å². The summed E-state index contributed by atoms with van der Waals surface area (Å²) in [5.74, 6) is -0.730. The molecule has 0 saturated heterocycles. The molecule has 0 radical (unpaired) electrons. The predicted octanol–water partition coefficient (Wildman–Crippen LogP) is 4.03. The van der Waals surface area contributed by atoms with Gasteiger partial charge in [-0.15, -0.1) is 0 Å². The van der Waals surface area contributed by atoms with E-state index in [1.54, 1.807) is 0 Å². The Morgan fingerprint density at radius 2 is 1.56 bits per heavy atom. The summed E-state index contributed by atoms with van der Waals surface area (Å²) in [5.41, 5.74) is 2.47. The summed E-state index contributed by atoms with van der Waals surface area (Å²) < 4.78 is 0. The van der Waals surface area contributed by atoms with Crippen LogP contribution in [0.3, 0.4) is 0 Å². The van der Waals surface area contributed by atoms with Crippen LogP contribution in [0.5, 0.6) is 0 Å². The van der Waals surface area contributed by atoms with Crippen molar-refractivity contribution in [2.24, 2.45) is 5.41 Å². The van der Waals surface area contributed by atoms with Gasteiger partial charge in [0.15, 0.2) is 0 Å². The van der Waals surface area contributed by atoms with Crippen molar-refractivity contribution in [2.45, 2.75) is 52.9 Å². The maximum absolute atomic E-state index is 10.8. The van der Waals surface area contributed by atoms with Crippen molar-refractivity contribution in [1.82, 2.24) is 0 Å². The average molecular weight is 248 g/mol. The van der Waals surface area contributed by atoms with Gasteiger partial charge < -0.3 is 5.11 Å². The molecule has 0 atom stereocenters. The van der Waals surface area contributed by atoms with Gasteiger partial charge >= 0.3 is 5.97 Å². The summed E-state index contributed by atoms with van der Waals surface area (Å²) in [6.07, 6.45) is 0.998. The fourth-order valence-corrected chi connectivity index (χ4v) is 2.15. The Morgan fingerprint density at radius 3 is 1.94 bits per heavy atom. The average Bonchev–Trinajstić information content (AvgIpc) is 2.13. The van der Waals surface area contributed by atoms with Gasteiger partial charge in [0.25, 0.3) is 0 Å². The molecule has 0 aliphatic rings. The van der Waals surface area contributed by atoms with Gasteiger partial charge in [-0.3, -0.25) is 4.79 Å².